The predicted octanol–water partition coefficient (Wildman–Crippen LogP) is 5.24. The van der Waals surface area contributed by atoms with Crippen molar-refractivity contribution in [3.63, 3.8) is 0 Å². The number of aliphatic hydroxyl groups excluding tert-OH is 1. The number of carbonyl (C=O) groups excluding carboxylic acids is 4. The van der Waals surface area contributed by atoms with Crippen molar-refractivity contribution < 1.29 is 65.2 Å². The minimum atomic E-state index is -5.26. The van der Waals surface area contributed by atoms with Crippen LogP contribution in [0.4, 0.5) is 22.0 Å². The standard InChI is InChI=1S/C27H41F5O9S/c1-7-26(5,24(37)40-12-9-19(21(28)29)27(30,31)32)16-25(3,4)23(36)39-11-8-18(33)14-41-20(34)15-42-13-10-17(2)22(35)38-6/h17-18,33H,7-16H2,1-6H3. The molecule has 0 saturated heterocycles. The van der Waals surface area contributed by atoms with Crippen LogP contribution in [0.1, 0.15) is 66.7 Å². The first-order valence-corrected chi connectivity index (χ1v) is 14.4. The zero-order valence-corrected chi connectivity index (χ0v) is 25.6. The van der Waals surface area contributed by atoms with Crippen LogP contribution in [0.25, 0.3) is 0 Å². The number of halogens is 5. The molecule has 9 nitrogen and oxygen atoms in total. The Balaban J connectivity index is 4.62. The Morgan fingerprint density at radius 3 is 2.05 bits per heavy atom. The molecule has 0 saturated carbocycles. The average molecular weight is 637 g/mol. The molecule has 0 heterocycles. The minimum absolute atomic E-state index is 0.0232. The Morgan fingerprint density at radius 1 is 0.929 bits per heavy atom. The molecule has 0 aromatic rings. The van der Waals surface area contributed by atoms with E-state index in [9.17, 15) is 46.2 Å². The van der Waals surface area contributed by atoms with E-state index in [0.29, 0.717) is 12.2 Å². The number of thioether (sulfide) groups is 1. The summed E-state index contributed by atoms with van der Waals surface area (Å²) in [7, 11) is 1.30. The number of esters is 4. The number of methoxy groups -OCH3 is 1. The first-order valence-electron chi connectivity index (χ1n) is 13.3. The minimum Gasteiger partial charge on any atom is -0.469 e. The van der Waals surface area contributed by atoms with E-state index < -0.39 is 65.7 Å². The lowest BCUT2D eigenvalue weighted by atomic mass is 9.72. The Labute approximate surface area is 246 Å². The molecular formula is C27H41F5O9S. The van der Waals surface area contributed by atoms with E-state index in [2.05, 4.69) is 4.74 Å². The van der Waals surface area contributed by atoms with E-state index in [4.69, 9.17) is 14.2 Å². The van der Waals surface area contributed by atoms with Gasteiger partial charge in [0.25, 0.3) is 6.08 Å². The zero-order valence-electron chi connectivity index (χ0n) is 24.7. The van der Waals surface area contributed by atoms with E-state index in [0.717, 1.165) is 0 Å². The monoisotopic (exact) mass is 636 g/mol. The highest BCUT2D eigenvalue weighted by atomic mass is 32.2. The lowest BCUT2D eigenvalue weighted by molar-refractivity contribution is -0.164. The average Bonchev–Trinajstić information content (AvgIpc) is 2.89. The molecule has 244 valence electrons. The summed E-state index contributed by atoms with van der Waals surface area (Å²) >= 11 is 1.27. The second-order valence-corrected chi connectivity index (χ2v) is 11.7. The van der Waals surface area contributed by atoms with Crippen molar-refractivity contribution in [1.29, 1.82) is 0 Å². The van der Waals surface area contributed by atoms with Gasteiger partial charge in [-0.15, -0.1) is 0 Å². The van der Waals surface area contributed by atoms with E-state index in [1.54, 1.807) is 13.8 Å². The van der Waals surface area contributed by atoms with Gasteiger partial charge in [0, 0.05) is 12.8 Å². The molecule has 0 amide bonds. The van der Waals surface area contributed by atoms with Gasteiger partial charge in [-0.2, -0.15) is 33.7 Å². The highest BCUT2D eigenvalue weighted by Gasteiger charge is 2.43. The van der Waals surface area contributed by atoms with Crippen LogP contribution >= 0.6 is 11.8 Å². The van der Waals surface area contributed by atoms with Gasteiger partial charge < -0.3 is 24.1 Å². The number of hydrogen-bond donors (Lipinski definition) is 1. The molecule has 0 bridgehead atoms. The Hall–Kier alpha value is -2.42. The molecule has 0 aliphatic rings. The van der Waals surface area contributed by atoms with Crippen molar-refractivity contribution in [1.82, 2.24) is 0 Å². The molecule has 42 heavy (non-hydrogen) atoms. The maximum atomic E-state index is 12.7. The number of rotatable bonds is 19. The predicted molar refractivity (Wildman–Crippen MR) is 143 cm³/mol. The van der Waals surface area contributed by atoms with Gasteiger partial charge in [0.2, 0.25) is 0 Å². The maximum Gasteiger partial charge on any atom is 0.417 e. The van der Waals surface area contributed by atoms with Crippen molar-refractivity contribution in [3.05, 3.63) is 11.7 Å². The molecule has 15 heteroatoms. The molecule has 0 aromatic carbocycles. The van der Waals surface area contributed by atoms with Gasteiger partial charge in [0.05, 0.1) is 48.9 Å². The van der Waals surface area contributed by atoms with Crippen molar-refractivity contribution in [2.45, 2.75) is 79.0 Å². The van der Waals surface area contributed by atoms with Crippen LogP contribution in [-0.4, -0.2) is 79.7 Å². The van der Waals surface area contributed by atoms with E-state index in [1.807, 2.05) is 0 Å². The van der Waals surface area contributed by atoms with E-state index in [-0.39, 0.29) is 50.1 Å². The second kappa shape index (κ2) is 18.3. The Kier molecular flexibility index (Phi) is 17.2. The summed E-state index contributed by atoms with van der Waals surface area (Å²) in [5, 5.41) is 10.0. The number of hydrogen-bond acceptors (Lipinski definition) is 10. The van der Waals surface area contributed by atoms with Gasteiger partial charge in [-0.1, -0.05) is 13.8 Å². The van der Waals surface area contributed by atoms with Crippen molar-refractivity contribution in [2.24, 2.45) is 16.7 Å². The summed E-state index contributed by atoms with van der Waals surface area (Å²) in [6.45, 7) is 6.27. The van der Waals surface area contributed by atoms with Crippen molar-refractivity contribution in [2.75, 3.05) is 38.4 Å². The van der Waals surface area contributed by atoms with Crippen LogP contribution in [0.15, 0.2) is 11.7 Å². The van der Waals surface area contributed by atoms with Crippen LogP contribution in [0.3, 0.4) is 0 Å². The molecule has 0 fully saturated rings. The quantitative estimate of drug-likeness (QED) is 0.0872. The SMILES string of the molecule is CCC(C)(CC(C)(C)C(=O)OCCC(O)COC(=O)CSCCC(C)C(=O)OC)C(=O)OCCC(=C(F)F)C(F)(F)F. The third-order valence-corrected chi connectivity index (χ3v) is 7.42. The van der Waals surface area contributed by atoms with Gasteiger partial charge in [0.1, 0.15) is 12.2 Å². The molecule has 0 radical (unpaired) electrons. The maximum absolute atomic E-state index is 12.7. The summed E-state index contributed by atoms with van der Waals surface area (Å²) < 4.78 is 82.9. The summed E-state index contributed by atoms with van der Waals surface area (Å²) in [5.74, 6) is -2.31. The van der Waals surface area contributed by atoms with Crippen LogP contribution in [-0.2, 0) is 38.1 Å². The normalized spacial score (nSPS) is 14.7. The molecule has 0 spiro atoms. The molecule has 3 unspecified atom stereocenters. The Morgan fingerprint density at radius 2 is 1.52 bits per heavy atom. The number of aliphatic hydroxyl groups is 1. The fourth-order valence-corrected chi connectivity index (χ4v) is 4.60. The van der Waals surface area contributed by atoms with Gasteiger partial charge in [-0.25, -0.2) is 0 Å². The third-order valence-electron chi connectivity index (χ3n) is 6.45. The Bertz CT molecular complexity index is 935. The first kappa shape index (κ1) is 39.6. The summed E-state index contributed by atoms with van der Waals surface area (Å²) in [6, 6.07) is 0. The van der Waals surface area contributed by atoms with Crippen LogP contribution in [0, 0.1) is 16.7 Å². The van der Waals surface area contributed by atoms with Gasteiger partial charge in [-0.3, -0.25) is 19.2 Å². The molecule has 3 atom stereocenters. The number of carbonyl (C=O) groups is 4. The smallest absolute Gasteiger partial charge is 0.417 e. The fourth-order valence-electron chi connectivity index (χ4n) is 3.68. The molecule has 0 aromatic heterocycles. The second-order valence-electron chi connectivity index (χ2n) is 10.6. The largest absolute Gasteiger partial charge is 0.469 e. The van der Waals surface area contributed by atoms with Crippen LogP contribution in [0.2, 0.25) is 0 Å². The fraction of sp³-hybridized carbons (Fsp3) is 0.778. The van der Waals surface area contributed by atoms with E-state index in [1.165, 1.54) is 39.6 Å². The summed E-state index contributed by atoms with van der Waals surface area (Å²) in [6.07, 6.45) is -10.0. The highest BCUT2D eigenvalue weighted by Crippen LogP contribution is 2.39. The van der Waals surface area contributed by atoms with Crippen LogP contribution < -0.4 is 0 Å². The lowest BCUT2D eigenvalue weighted by Crippen LogP contribution is -2.39. The lowest BCUT2D eigenvalue weighted by Gasteiger charge is -2.33. The summed E-state index contributed by atoms with van der Waals surface area (Å²) in [4.78, 5) is 48.5. The molecule has 0 aliphatic heterocycles. The van der Waals surface area contributed by atoms with Gasteiger partial charge in [-0.05, 0) is 45.8 Å². The molecule has 0 aliphatic carbocycles. The molecule has 1 N–H and O–H groups in total. The van der Waals surface area contributed by atoms with E-state index >= 15 is 0 Å². The van der Waals surface area contributed by atoms with Crippen molar-refractivity contribution >= 4 is 35.6 Å². The van der Waals surface area contributed by atoms with Gasteiger partial charge >= 0.3 is 30.1 Å². The zero-order chi connectivity index (χ0) is 32.7. The molecular weight excluding hydrogens is 595 g/mol. The number of alkyl halides is 3. The van der Waals surface area contributed by atoms with Crippen LogP contribution in [0.5, 0.6) is 0 Å². The number of ether oxygens (including phenoxy) is 4. The third kappa shape index (κ3) is 14.7. The first-order chi connectivity index (χ1) is 19.3. The van der Waals surface area contributed by atoms with Gasteiger partial charge in [0.15, 0.2) is 0 Å². The highest BCUT2D eigenvalue weighted by molar-refractivity contribution is 7.99. The topological polar surface area (TPSA) is 125 Å². The summed E-state index contributed by atoms with van der Waals surface area (Å²) in [5.41, 5.74) is -4.66. The molecule has 0 rings (SSSR count). The van der Waals surface area contributed by atoms with Crippen molar-refractivity contribution in [3.8, 4) is 0 Å².